The van der Waals surface area contributed by atoms with Gasteiger partial charge in [0.2, 0.25) is 0 Å². The second kappa shape index (κ2) is 6.27. The molecule has 0 N–H and O–H groups in total. The predicted octanol–water partition coefficient (Wildman–Crippen LogP) is 1.88. The molecule has 0 aliphatic carbocycles. The van der Waals surface area contributed by atoms with Crippen molar-refractivity contribution in [1.29, 1.82) is 0 Å². The molecule has 0 spiro atoms. The van der Waals surface area contributed by atoms with Gasteiger partial charge < -0.3 is 9.80 Å². The summed E-state index contributed by atoms with van der Waals surface area (Å²) in [4.78, 5) is 18.0. The van der Waals surface area contributed by atoms with Crippen LogP contribution in [0.4, 0.5) is 11.6 Å². The summed E-state index contributed by atoms with van der Waals surface area (Å²) < 4.78 is 1.92. The second-order valence-electron chi connectivity index (χ2n) is 5.73. The molecular formula is C16H19N7S. The van der Waals surface area contributed by atoms with Gasteiger partial charge in [-0.05, 0) is 19.2 Å². The van der Waals surface area contributed by atoms with Gasteiger partial charge >= 0.3 is 0 Å². The zero-order valence-corrected chi connectivity index (χ0v) is 14.6. The van der Waals surface area contributed by atoms with Crippen LogP contribution in [0, 0.1) is 6.92 Å². The van der Waals surface area contributed by atoms with Gasteiger partial charge in [-0.3, -0.25) is 0 Å². The van der Waals surface area contributed by atoms with Crippen LogP contribution < -0.4 is 9.80 Å². The molecule has 24 heavy (non-hydrogen) atoms. The minimum atomic E-state index is 0.818. The van der Waals surface area contributed by atoms with Crippen LogP contribution >= 0.6 is 11.8 Å². The van der Waals surface area contributed by atoms with Gasteiger partial charge in [0.1, 0.15) is 11.6 Å². The Morgan fingerprint density at radius 1 is 1.00 bits per heavy atom. The van der Waals surface area contributed by atoms with Crippen LogP contribution in [0.15, 0.2) is 35.7 Å². The largest absolute Gasteiger partial charge is 0.353 e. The smallest absolute Gasteiger partial charge is 0.189 e. The topological polar surface area (TPSA) is 62.5 Å². The van der Waals surface area contributed by atoms with Gasteiger partial charge in [-0.15, -0.1) is 0 Å². The SMILES string of the molecule is CSc1nccc(N2CCN(c3cc(C)nc4ccnn34)CC2)n1. The maximum absolute atomic E-state index is 4.60. The molecule has 0 radical (unpaired) electrons. The number of anilines is 2. The van der Waals surface area contributed by atoms with Gasteiger partial charge in [-0.25, -0.2) is 15.0 Å². The monoisotopic (exact) mass is 341 g/mol. The molecular weight excluding hydrogens is 322 g/mol. The highest BCUT2D eigenvalue weighted by Crippen LogP contribution is 2.21. The Hall–Kier alpha value is -2.35. The first-order valence-electron chi connectivity index (χ1n) is 7.93. The van der Waals surface area contributed by atoms with Crippen molar-refractivity contribution in [3.63, 3.8) is 0 Å². The molecule has 1 saturated heterocycles. The number of hydrogen-bond donors (Lipinski definition) is 0. The number of piperazine rings is 1. The van der Waals surface area contributed by atoms with Crippen LogP contribution in [-0.2, 0) is 0 Å². The lowest BCUT2D eigenvalue weighted by Crippen LogP contribution is -2.47. The highest BCUT2D eigenvalue weighted by atomic mass is 32.2. The van der Waals surface area contributed by atoms with Gasteiger partial charge in [0.25, 0.3) is 0 Å². The number of rotatable bonds is 3. The van der Waals surface area contributed by atoms with Crippen molar-refractivity contribution in [2.45, 2.75) is 12.1 Å². The number of thioether (sulfide) groups is 1. The molecule has 8 heteroatoms. The molecule has 1 aliphatic heterocycles. The normalized spacial score (nSPS) is 15.2. The molecule has 3 aromatic heterocycles. The van der Waals surface area contributed by atoms with Crippen molar-refractivity contribution < 1.29 is 0 Å². The molecule has 3 aromatic rings. The van der Waals surface area contributed by atoms with E-state index >= 15 is 0 Å². The molecule has 4 heterocycles. The molecule has 0 amide bonds. The molecule has 0 aromatic carbocycles. The zero-order valence-electron chi connectivity index (χ0n) is 13.8. The minimum absolute atomic E-state index is 0.818. The van der Waals surface area contributed by atoms with E-state index in [1.807, 2.05) is 36.0 Å². The van der Waals surface area contributed by atoms with Crippen molar-refractivity contribution in [1.82, 2.24) is 24.6 Å². The number of fused-ring (bicyclic) bond motifs is 1. The van der Waals surface area contributed by atoms with Crippen LogP contribution in [0.3, 0.4) is 0 Å². The lowest BCUT2D eigenvalue weighted by molar-refractivity contribution is 0.630. The number of aryl methyl sites for hydroxylation is 1. The van der Waals surface area contributed by atoms with E-state index in [4.69, 9.17) is 0 Å². The van der Waals surface area contributed by atoms with E-state index in [9.17, 15) is 0 Å². The van der Waals surface area contributed by atoms with Crippen molar-refractivity contribution >= 4 is 29.0 Å². The Bertz CT molecular complexity index is 855. The Balaban J connectivity index is 1.54. The summed E-state index contributed by atoms with van der Waals surface area (Å²) in [6, 6.07) is 6.03. The third kappa shape index (κ3) is 2.77. The highest BCUT2D eigenvalue weighted by Gasteiger charge is 2.21. The first-order chi connectivity index (χ1) is 11.7. The molecule has 0 saturated carbocycles. The highest BCUT2D eigenvalue weighted by molar-refractivity contribution is 7.98. The third-order valence-corrected chi connectivity index (χ3v) is 4.76. The summed E-state index contributed by atoms with van der Waals surface area (Å²) in [5.41, 5.74) is 1.91. The maximum Gasteiger partial charge on any atom is 0.189 e. The number of hydrogen-bond acceptors (Lipinski definition) is 7. The van der Waals surface area contributed by atoms with Crippen molar-refractivity contribution in [2.75, 3.05) is 42.2 Å². The van der Waals surface area contributed by atoms with E-state index in [0.717, 1.165) is 54.3 Å². The Labute approximate surface area is 144 Å². The van der Waals surface area contributed by atoms with Gasteiger partial charge in [0, 0.05) is 50.2 Å². The van der Waals surface area contributed by atoms with E-state index in [0.29, 0.717) is 0 Å². The standard InChI is InChI=1S/C16H19N7S/c1-12-11-15(23-14(19-12)4-6-18-23)22-9-7-21(8-10-22)13-3-5-17-16(20-13)24-2/h3-6,11H,7-10H2,1-2H3. The molecule has 0 unspecified atom stereocenters. The van der Waals surface area contributed by atoms with Gasteiger partial charge in [0.05, 0.1) is 6.20 Å². The summed E-state index contributed by atoms with van der Waals surface area (Å²) >= 11 is 1.57. The summed E-state index contributed by atoms with van der Waals surface area (Å²) in [6.07, 6.45) is 5.63. The average molecular weight is 341 g/mol. The van der Waals surface area contributed by atoms with Crippen LogP contribution in [0.5, 0.6) is 0 Å². The second-order valence-corrected chi connectivity index (χ2v) is 6.51. The lowest BCUT2D eigenvalue weighted by atomic mass is 10.3. The summed E-state index contributed by atoms with van der Waals surface area (Å²) in [6.45, 7) is 5.73. The molecule has 1 fully saturated rings. The summed E-state index contributed by atoms with van der Waals surface area (Å²) in [7, 11) is 0. The molecule has 0 atom stereocenters. The van der Waals surface area contributed by atoms with Gasteiger partial charge in [-0.2, -0.15) is 9.61 Å². The molecule has 1 aliphatic rings. The van der Waals surface area contributed by atoms with Crippen molar-refractivity contribution in [2.24, 2.45) is 0 Å². The Morgan fingerprint density at radius 3 is 2.58 bits per heavy atom. The number of aromatic nitrogens is 5. The van der Waals surface area contributed by atoms with Crippen LogP contribution in [-0.4, -0.2) is 57.0 Å². The lowest BCUT2D eigenvalue weighted by Gasteiger charge is -2.36. The van der Waals surface area contributed by atoms with Crippen LogP contribution in [0.2, 0.25) is 0 Å². The molecule has 124 valence electrons. The first-order valence-corrected chi connectivity index (χ1v) is 9.15. The van der Waals surface area contributed by atoms with E-state index in [2.05, 4.69) is 35.9 Å². The maximum atomic E-state index is 4.60. The fraction of sp³-hybridized carbons (Fsp3) is 0.375. The quantitative estimate of drug-likeness (QED) is 0.532. The Morgan fingerprint density at radius 2 is 1.79 bits per heavy atom. The van der Waals surface area contributed by atoms with E-state index in [1.165, 1.54) is 0 Å². The first kappa shape index (κ1) is 15.2. The van der Waals surface area contributed by atoms with Gasteiger partial charge in [-0.1, -0.05) is 11.8 Å². The fourth-order valence-corrected chi connectivity index (χ4v) is 3.37. The summed E-state index contributed by atoms with van der Waals surface area (Å²) in [5.74, 6) is 2.11. The van der Waals surface area contributed by atoms with Crippen LogP contribution in [0.25, 0.3) is 5.65 Å². The molecule has 4 rings (SSSR count). The predicted molar refractivity (Wildman–Crippen MR) is 96.0 cm³/mol. The van der Waals surface area contributed by atoms with E-state index < -0.39 is 0 Å². The van der Waals surface area contributed by atoms with Crippen LogP contribution in [0.1, 0.15) is 5.69 Å². The minimum Gasteiger partial charge on any atom is -0.353 e. The van der Waals surface area contributed by atoms with E-state index in [-0.39, 0.29) is 0 Å². The van der Waals surface area contributed by atoms with E-state index in [1.54, 1.807) is 18.0 Å². The third-order valence-electron chi connectivity index (χ3n) is 4.20. The number of nitrogens with zero attached hydrogens (tertiary/aromatic N) is 7. The fourth-order valence-electron chi connectivity index (χ4n) is 3.01. The molecule has 7 nitrogen and oxygen atoms in total. The Kier molecular flexibility index (Phi) is 3.97. The average Bonchev–Trinajstić information content (AvgIpc) is 3.09. The van der Waals surface area contributed by atoms with Crippen molar-refractivity contribution in [3.05, 3.63) is 36.3 Å². The van der Waals surface area contributed by atoms with Gasteiger partial charge in [0.15, 0.2) is 10.8 Å². The van der Waals surface area contributed by atoms with Crippen molar-refractivity contribution in [3.8, 4) is 0 Å². The molecule has 0 bridgehead atoms. The summed E-state index contributed by atoms with van der Waals surface area (Å²) in [5, 5.41) is 5.23. The zero-order chi connectivity index (χ0) is 16.5.